The van der Waals surface area contributed by atoms with Gasteiger partial charge in [-0.05, 0) is 55.2 Å². The van der Waals surface area contributed by atoms with Gasteiger partial charge in [-0.25, -0.2) is 4.79 Å². The fourth-order valence-corrected chi connectivity index (χ4v) is 4.03. The highest BCUT2D eigenvalue weighted by molar-refractivity contribution is 5.89. The molecule has 1 aliphatic heterocycles. The van der Waals surface area contributed by atoms with E-state index in [0.29, 0.717) is 23.3 Å². The average molecular weight is 416 g/mol. The Hall–Kier alpha value is -3.72. The van der Waals surface area contributed by atoms with Crippen molar-refractivity contribution < 1.29 is 13.9 Å². The summed E-state index contributed by atoms with van der Waals surface area (Å²) in [4.78, 5) is 13.0. The Bertz CT molecular complexity index is 1280. The Kier molecular flexibility index (Phi) is 5.43. The van der Waals surface area contributed by atoms with Crippen molar-refractivity contribution in [2.45, 2.75) is 39.5 Å². The molecule has 158 valence electrons. The summed E-state index contributed by atoms with van der Waals surface area (Å²) in [5.41, 5.74) is 9.12. The number of nitriles is 1. The molecule has 2 N–H and O–H groups in total. The Balaban J connectivity index is 1.89. The summed E-state index contributed by atoms with van der Waals surface area (Å²) in [5, 5.41) is 10.5. The fraction of sp³-hybridized carbons (Fsp3) is 0.280. The number of allylic oxidation sites excluding steroid dienone is 1. The molecule has 1 atom stereocenters. The molecule has 0 aliphatic carbocycles. The minimum absolute atomic E-state index is 0.00449. The molecule has 2 aromatic carbocycles. The van der Waals surface area contributed by atoms with Gasteiger partial charge in [-0.1, -0.05) is 31.5 Å². The summed E-state index contributed by atoms with van der Waals surface area (Å²) in [6.45, 7) is 6.60. The van der Waals surface area contributed by atoms with E-state index in [1.807, 2.05) is 44.2 Å². The van der Waals surface area contributed by atoms with Crippen LogP contribution in [0.4, 0.5) is 0 Å². The van der Waals surface area contributed by atoms with Gasteiger partial charge in [0, 0.05) is 0 Å². The third kappa shape index (κ3) is 3.64. The predicted molar refractivity (Wildman–Crippen MR) is 118 cm³/mol. The fourth-order valence-electron chi connectivity index (χ4n) is 4.03. The third-order valence-corrected chi connectivity index (χ3v) is 5.49. The minimum atomic E-state index is -0.681. The molecule has 31 heavy (non-hydrogen) atoms. The standard InChI is InChI=1S/C25H24N2O4/c1-4-5-10-29-17-8-6-16(7-9-17)21-18(13-26)24(27)31-23-20-15(3)11-14(2)12-19(20)30-25(28)22(21)23/h6-9,11-12,21H,4-5,10,27H2,1-3H3. The lowest BCUT2D eigenvalue weighted by Crippen LogP contribution is -2.26. The Morgan fingerprint density at radius 2 is 1.94 bits per heavy atom. The number of benzene rings is 2. The molecule has 0 saturated carbocycles. The van der Waals surface area contributed by atoms with Crippen LogP contribution in [0.3, 0.4) is 0 Å². The summed E-state index contributed by atoms with van der Waals surface area (Å²) in [5.74, 6) is 0.403. The van der Waals surface area contributed by atoms with Crippen molar-refractivity contribution in [2.24, 2.45) is 5.73 Å². The largest absolute Gasteiger partial charge is 0.494 e. The Morgan fingerprint density at radius 1 is 1.19 bits per heavy atom. The van der Waals surface area contributed by atoms with Crippen LogP contribution < -0.4 is 20.8 Å². The monoisotopic (exact) mass is 416 g/mol. The van der Waals surface area contributed by atoms with E-state index in [0.717, 1.165) is 35.3 Å². The SMILES string of the molecule is CCCCOc1ccc(C2C(C#N)=C(N)Oc3c2c(=O)oc2cc(C)cc(C)c32)cc1. The van der Waals surface area contributed by atoms with Crippen molar-refractivity contribution in [1.29, 1.82) is 5.26 Å². The second-order valence-corrected chi connectivity index (χ2v) is 7.78. The van der Waals surface area contributed by atoms with Crippen LogP contribution in [-0.2, 0) is 0 Å². The van der Waals surface area contributed by atoms with Crippen LogP contribution in [0.5, 0.6) is 11.5 Å². The van der Waals surface area contributed by atoms with Gasteiger partial charge in [0.2, 0.25) is 5.88 Å². The quantitative estimate of drug-likeness (QED) is 0.473. The molecule has 1 aliphatic rings. The highest BCUT2D eigenvalue weighted by atomic mass is 16.5. The smallest absolute Gasteiger partial charge is 0.344 e. The molecule has 1 unspecified atom stereocenters. The number of nitrogens with zero attached hydrogens (tertiary/aromatic N) is 1. The van der Waals surface area contributed by atoms with Crippen molar-refractivity contribution >= 4 is 11.0 Å². The van der Waals surface area contributed by atoms with E-state index in [2.05, 4.69) is 13.0 Å². The van der Waals surface area contributed by atoms with Gasteiger partial charge in [0.15, 0.2) is 5.75 Å². The number of aryl methyl sites for hydroxylation is 2. The summed E-state index contributed by atoms with van der Waals surface area (Å²) in [6.07, 6.45) is 2.02. The van der Waals surface area contributed by atoms with Gasteiger partial charge in [0.25, 0.3) is 0 Å². The van der Waals surface area contributed by atoms with Crippen LogP contribution in [0.25, 0.3) is 11.0 Å². The zero-order valence-corrected chi connectivity index (χ0v) is 17.8. The molecule has 0 bridgehead atoms. The molecule has 1 aromatic heterocycles. The van der Waals surface area contributed by atoms with Gasteiger partial charge in [0.05, 0.1) is 23.5 Å². The van der Waals surface area contributed by atoms with Crippen LogP contribution in [0.1, 0.15) is 47.9 Å². The first-order valence-corrected chi connectivity index (χ1v) is 10.3. The Morgan fingerprint density at radius 3 is 2.61 bits per heavy atom. The van der Waals surface area contributed by atoms with E-state index in [9.17, 15) is 10.1 Å². The normalized spacial score (nSPS) is 15.4. The summed E-state index contributed by atoms with van der Waals surface area (Å²) in [7, 11) is 0. The molecule has 2 heterocycles. The molecule has 3 aromatic rings. The van der Waals surface area contributed by atoms with E-state index >= 15 is 0 Å². The molecule has 0 fully saturated rings. The molecule has 0 spiro atoms. The average Bonchev–Trinajstić information content (AvgIpc) is 2.73. The number of ether oxygens (including phenoxy) is 2. The van der Waals surface area contributed by atoms with E-state index in [1.165, 1.54) is 0 Å². The van der Waals surface area contributed by atoms with Gasteiger partial charge in [-0.3, -0.25) is 0 Å². The van der Waals surface area contributed by atoms with Crippen molar-refractivity contribution in [3.8, 4) is 17.6 Å². The maximum absolute atomic E-state index is 13.0. The topological polar surface area (TPSA) is 98.5 Å². The van der Waals surface area contributed by atoms with Gasteiger partial charge in [-0.15, -0.1) is 0 Å². The van der Waals surface area contributed by atoms with Crippen LogP contribution in [-0.4, -0.2) is 6.61 Å². The molecular weight excluding hydrogens is 392 g/mol. The third-order valence-electron chi connectivity index (χ3n) is 5.49. The second kappa shape index (κ2) is 8.19. The van der Waals surface area contributed by atoms with Crippen molar-refractivity contribution in [2.75, 3.05) is 6.61 Å². The first-order valence-electron chi connectivity index (χ1n) is 10.3. The van der Waals surface area contributed by atoms with Crippen molar-refractivity contribution in [3.05, 3.63) is 80.5 Å². The first-order chi connectivity index (χ1) is 14.9. The number of rotatable bonds is 5. The number of hydrogen-bond acceptors (Lipinski definition) is 6. The molecule has 6 heteroatoms. The van der Waals surface area contributed by atoms with Gasteiger partial charge < -0.3 is 19.6 Å². The predicted octanol–water partition coefficient (Wildman–Crippen LogP) is 4.81. The minimum Gasteiger partial charge on any atom is -0.494 e. The molecule has 0 radical (unpaired) electrons. The number of unbranched alkanes of at least 4 members (excludes halogenated alkanes) is 1. The molecular formula is C25H24N2O4. The summed E-state index contributed by atoms with van der Waals surface area (Å²) < 4.78 is 17.2. The molecule has 0 saturated heterocycles. The highest BCUT2D eigenvalue weighted by Gasteiger charge is 2.35. The van der Waals surface area contributed by atoms with Gasteiger partial charge in [0.1, 0.15) is 23.0 Å². The van der Waals surface area contributed by atoms with E-state index in [4.69, 9.17) is 19.6 Å². The number of hydrogen-bond donors (Lipinski definition) is 1. The molecule has 4 rings (SSSR count). The van der Waals surface area contributed by atoms with Crippen molar-refractivity contribution in [1.82, 2.24) is 0 Å². The first kappa shape index (κ1) is 20.5. The molecule has 6 nitrogen and oxygen atoms in total. The number of nitrogens with two attached hydrogens (primary N) is 1. The second-order valence-electron chi connectivity index (χ2n) is 7.78. The van der Waals surface area contributed by atoms with Crippen LogP contribution in [0.15, 0.2) is 57.1 Å². The molecule has 0 amide bonds. The maximum atomic E-state index is 13.0. The van der Waals surface area contributed by atoms with Gasteiger partial charge >= 0.3 is 5.63 Å². The van der Waals surface area contributed by atoms with Crippen LogP contribution in [0, 0.1) is 25.2 Å². The summed E-state index contributed by atoms with van der Waals surface area (Å²) >= 11 is 0. The van der Waals surface area contributed by atoms with E-state index < -0.39 is 11.5 Å². The van der Waals surface area contributed by atoms with E-state index in [1.54, 1.807) is 6.07 Å². The Labute approximate surface area is 180 Å². The van der Waals surface area contributed by atoms with Gasteiger partial charge in [-0.2, -0.15) is 5.26 Å². The van der Waals surface area contributed by atoms with Crippen LogP contribution >= 0.6 is 0 Å². The lowest BCUT2D eigenvalue weighted by molar-refractivity contribution is 0.309. The zero-order valence-electron chi connectivity index (χ0n) is 17.8. The number of fused-ring (bicyclic) bond motifs is 3. The van der Waals surface area contributed by atoms with E-state index in [-0.39, 0.29) is 17.0 Å². The van der Waals surface area contributed by atoms with Crippen molar-refractivity contribution in [3.63, 3.8) is 0 Å². The zero-order chi connectivity index (χ0) is 22.1. The highest BCUT2D eigenvalue weighted by Crippen LogP contribution is 2.44. The van der Waals surface area contributed by atoms with Crippen LogP contribution in [0.2, 0.25) is 0 Å². The summed E-state index contributed by atoms with van der Waals surface area (Å²) in [6, 6.07) is 13.3. The lowest BCUT2D eigenvalue weighted by atomic mass is 9.83. The lowest BCUT2D eigenvalue weighted by Gasteiger charge is -2.26. The maximum Gasteiger partial charge on any atom is 0.344 e.